The van der Waals surface area contributed by atoms with Crippen LogP contribution in [0.5, 0.6) is 0 Å². The van der Waals surface area contributed by atoms with Gasteiger partial charge < -0.3 is 15.3 Å². The quantitative estimate of drug-likeness (QED) is 0.594. The second-order valence-electron chi connectivity index (χ2n) is 9.07. The van der Waals surface area contributed by atoms with Crippen molar-refractivity contribution in [2.24, 2.45) is 28.6 Å². The number of aliphatic hydroxyl groups excluding tert-OH is 3. The smallest absolute Gasteiger partial charge is 0.0724 e. The molecule has 1 saturated heterocycles. The third kappa shape index (κ3) is 2.14. The number of aliphatic hydroxyl groups is 3. The maximum Gasteiger partial charge on any atom is 0.0724 e. The summed E-state index contributed by atoms with van der Waals surface area (Å²) >= 11 is 1.98. The predicted molar refractivity (Wildman–Crippen MR) is 93.2 cm³/mol. The van der Waals surface area contributed by atoms with Crippen LogP contribution < -0.4 is 0 Å². The van der Waals surface area contributed by atoms with E-state index in [0.717, 1.165) is 25.0 Å². The lowest BCUT2D eigenvalue weighted by Crippen LogP contribution is -2.58. The van der Waals surface area contributed by atoms with E-state index in [4.69, 9.17) is 0 Å². The number of rotatable bonds is 0. The molecule has 0 aromatic carbocycles. The zero-order chi connectivity index (χ0) is 16.6. The van der Waals surface area contributed by atoms with E-state index in [9.17, 15) is 15.3 Å². The summed E-state index contributed by atoms with van der Waals surface area (Å²) in [5.41, 5.74) is 1.32. The highest BCUT2D eigenvalue weighted by atomic mass is 32.2. The molecule has 3 N–H and O–H groups in total. The van der Waals surface area contributed by atoms with Crippen LogP contribution >= 0.6 is 11.8 Å². The lowest BCUT2D eigenvalue weighted by Gasteiger charge is -2.58. The van der Waals surface area contributed by atoms with Gasteiger partial charge in [0.15, 0.2) is 0 Å². The second-order valence-corrected chi connectivity index (χ2v) is 10.2. The fourth-order valence-corrected chi connectivity index (χ4v) is 8.38. The lowest BCUT2D eigenvalue weighted by molar-refractivity contribution is -0.0419. The first-order chi connectivity index (χ1) is 10.8. The van der Waals surface area contributed by atoms with Crippen LogP contribution in [-0.2, 0) is 0 Å². The summed E-state index contributed by atoms with van der Waals surface area (Å²) in [6, 6.07) is 0. The van der Waals surface area contributed by atoms with Gasteiger partial charge in [-0.05, 0) is 37.5 Å². The number of thioether (sulfide) groups is 1. The summed E-state index contributed by atoms with van der Waals surface area (Å²) in [6.07, 6.45) is 4.69. The Morgan fingerprint density at radius 3 is 2.70 bits per heavy atom. The Bertz CT molecular complexity index is 535. The molecule has 4 heteroatoms. The molecule has 3 nitrogen and oxygen atoms in total. The third-order valence-electron chi connectivity index (χ3n) is 7.66. The largest absolute Gasteiger partial charge is 0.392 e. The van der Waals surface area contributed by atoms with Crippen LogP contribution in [0.25, 0.3) is 0 Å². The van der Waals surface area contributed by atoms with Crippen molar-refractivity contribution in [3.8, 4) is 0 Å². The Morgan fingerprint density at radius 2 is 1.96 bits per heavy atom. The maximum atomic E-state index is 11.0. The summed E-state index contributed by atoms with van der Waals surface area (Å²) in [5.74, 6) is 2.01. The molecule has 0 amide bonds. The van der Waals surface area contributed by atoms with Crippen LogP contribution in [0.3, 0.4) is 0 Å². The van der Waals surface area contributed by atoms with Crippen LogP contribution in [0.4, 0.5) is 0 Å². The van der Waals surface area contributed by atoms with Crippen molar-refractivity contribution in [1.29, 1.82) is 0 Å². The molecular weight excluding hydrogens is 308 g/mol. The molecular formula is C19H30O3S. The fourth-order valence-electron chi connectivity index (χ4n) is 6.23. The molecule has 3 aliphatic carbocycles. The molecule has 130 valence electrons. The summed E-state index contributed by atoms with van der Waals surface area (Å²) in [5, 5.41) is 32.1. The van der Waals surface area contributed by atoms with Gasteiger partial charge in [-0.15, -0.1) is 0 Å². The Hall–Kier alpha value is -0.0300. The normalized spacial score (nSPS) is 58.9. The number of fused-ring (bicyclic) bond motifs is 5. The molecule has 9 atom stereocenters. The minimum absolute atomic E-state index is 0.0576. The van der Waals surface area contributed by atoms with Crippen LogP contribution in [0.1, 0.15) is 46.5 Å². The van der Waals surface area contributed by atoms with Gasteiger partial charge in [-0.3, -0.25) is 0 Å². The fraction of sp³-hybridized carbons (Fsp3) is 0.895. The Labute approximate surface area is 143 Å². The molecule has 0 radical (unpaired) electrons. The Kier molecular flexibility index (Phi) is 3.74. The highest BCUT2D eigenvalue weighted by Gasteiger charge is 2.63. The molecule has 4 aliphatic rings. The Balaban J connectivity index is 1.73. The van der Waals surface area contributed by atoms with Crippen molar-refractivity contribution >= 4 is 11.8 Å². The van der Waals surface area contributed by atoms with Crippen LogP contribution in [-0.4, -0.2) is 44.6 Å². The minimum atomic E-state index is -0.339. The van der Waals surface area contributed by atoms with Gasteiger partial charge in [0.1, 0.15) is 0 Å². The van der Waals surface area contributed by atoms with Gasteiger partial charge in [-0.2, -0.15) is 11.8 Å². The standard InChI is InChI=1S/C19H30O3S/c1-10-6-13-15-14(21)8-11-7-12(20)4-5-18(11,2)17(15)23-9-19(13,3)16(10)22/h7,10,12-17,20-22H,4-6,8-9H2,1-3H3/t10-,12+,13?,14+,15?,16+,17?,18+,19+/m1/s1. The van der Waals surface area contributed by atoms with E-state index >= 15 is 0 Å². The number of hydrogen-bond donors (Lipinski definition) is 3. The van der Waals surface area contributed by atoms with E-state index in [1.165, 1.54) is 5.57 Å². The molecule has 0 spiro atoms. The van der Waals surface area contributed by atoms with Gasteiger partial charge in [0.2, 0.25) is 0 Å². The van der Waals surface area contributed by atoms with Gasteiger partial charge in [-0.25, -0.2) is 0 Å². The van der Waals surface area contributed by atoms with Crippen molar-refractivity contribution in [2.75, 3.05) is 5.75 Å². The van der Waals surface area contributed by atoms with Crippen LogP contribution in [0.2, 0.25) is 0 Å². The molecule has 0 aromatic rings. The number of hydrogen-bond acceptors (Lipinski definition) is 4. The van der Waals surface area contributed by atoms with Crippen molar-refractivity contribution in [3.05, 3.63) is 11.6 Å². The lowest BCUT2D eigenvalue weighted by atomic mass is 9.56. The van der Waals surface area contributed by atoms with Crippen molar-refractivity contribution in [3.63, 3.8) is 0 Å². The molecule has 0 aromatic heterocycles. The topological polar surface area (TPSA) is 60.7 Å². The molecule has 4 rings (SSSR count). The summed E-state index contributed by atoms with van der Waals surface area (Å²) in [7, 11) is 0. The van der Waals surface area contributed by atoms with E-state index in [-0.39, 0.29) is 35.1 Å². The molecule has 3 fully saturated rings. The van der Waals surface area contributed by atoms with Gasteiger partial charge in [0.05, 0.1) is 18.3 Å². The SMILES string of the molecule is C[C@@H]1CC2C3C(SC[C@]2(C)[C@H]1O)[C@@]1(C)CC[C@H](O)C=C1C[C@@H]3O. The zero-order valence-corrected chi connectivity index (χ0v) is 15.2. The van der Waals surface area contributed by atoms with Gasteiger partial charge in [-0.1, -0.05) is 32.4 Å². The first kappa shape index (κ1) is 16.4. The van der Waals surface area contributed by atoms with Crippen molar-refractivity contribution in [2.45, 2.75) is 70.0 Å². The van der Waals surface area contributed by atoms with Crippen LogP contribution in [0, 0.1) is 28.6 Å². The second kappa shape index (κ2) is 5.23. The van der Waals surface area contributed by atoms with E-state index in [0.29, 0.717) is 23.5 Å². The summed E-state index contributed by atoms with van der Waals surface area (Å²) in [4.78, 5) is 0. The zero-order valence-electron chi connectivity index (χ0n) is 14.4. The highest BCUT2D eigenvalue weighted by molar-refractivity contribution is 8.00. The molecule has 1 heterocycles. The van der Waals surface area contributed by atoms with E-state index < -0.39 is 0 Å². The molecule has 0 bridgehead atoms. The van der Waals surface area contributed by atoms with Gasteiger partial charge in [0.25, 0.3) is 0 Å². The molecule has 1 aliphatic heterocycles. The first-order valence-electron chi connectivity index (χ1n) is 9.14. The van der Waals surface area contributed by atoms with Gasteiger partial charge >= 0.3 is 0 Å². The minimum Gasteiger partial charge on any atom is -0.392 e. The first-order valence-corrected chi connectivity index (χ1v) is 10.2. The van der Waals surface area contributed by atoms with Gasteiger partial charge in [0, 0.05) is 27.8 Å². The average molecular weight is 339 g/mol. The molecule has 23 heavy (non-hydrogen) atoms. The monoisotopic (exact) mass is 338 g/mol. The summed E-state index contributed by atoms with van der Waals surface area (Å²) in [6.45, 7) is 6.74. The summed E-state index contributed by atoms with van der Waals surface area (Å²) < 4.78 is 0. The van der Waals surface area contributed by atoms with Crippen LogP contribution in [0.15, 0.2) is 11.6 Å². The third-order valence-corrected chi connectivity index (χ3v) is 9.65. The van der Waals surface area contributed by atoms with Crippen molar-refractivity contribution in [1.82, 2.24) is 0 Å². The van der Waals surface area contributed by atoms with E-state index in [1.54, 1.807) is 0 Å². The maximum absolute atomic E-state index is 11.0. The average Bonchev–Trinajstić information content (AvgIpc) is 2.73. The molecule has 2 saturated carbocycles. The van der Waals surface area contributed by atoms with E-state index in [1.807, 2.05) is 17.8 Å². The molecule has 3 unspecified atom stereocenters. The predicted octanol–water partition coefficient (Wildman–Crippen LogP) is 2.59. The highest BCUT2D eigenvalue weighted by Crippen LogP contribution is 2.65. The van der Waals surface area contributed by atoms with Crippen molar-refractivity contribution < 1.29 is 15.3 Å². The Morgan fingerprint density at radius 1 is 1.22 bits per heavy atom. The van der Waals surface area contributed by atoms with E-state index in [2.05, 4.69) is 20.8 Å².